The Bertz CT molecular complexity index is 930. The van der Waals surface area contributed by atoms with Gasteiger partial charge in [-0.2, -0.15) is 9.97 Å². The molecule has 0 saturated carbocycles. The van der Waals surface area contributed by atoms with E-state index in [1.807, 2.05) is 11.8 Å². The minimum Gasteiger partial charge on any atom is -0.458 e. The maximum absolute atomic E-state index is 12.4. The van der Waals surface area contributed by atoms with E-state index in [2.05, 4.69) is 39.1 Å². The molecule has 8 heteroatoms. The lowest BCUT2D eigenvalue weighted by Gasteiger charge is -2.30. The number of nitrogens with zero attached hydrogens (tertiary/aromatic N) is 4. The van der Waals surface area contributed by atoms with Crippen molar-refractivity contribution in [3.63, 3.8) is 0 Å². The number of likely N-dealkylation sites (tertiary alicyclic amines) is 1. The Balaban J connectivity index is 0.00000289. The van der Waals surface area contributed by atoms with Crippen LogP contribution in [-0.4, -0.2) is 60.1 Å². The summed E-state index contributed by atoms with van der Waals surface area (Å²) in [6.45, 7) is 6.48. The van der Waals surface area contributed by atoms with E-state index >= 15 is 0 Å². The molecule has 0 spiro atoms. The highest BCUT2D eigenvalue weighted by molar-refractivity contribution is 5.91. The number of nitrogen functional groups attached to an aromatic ring is 1. The summed E-state index contributed by atoms with van der Waals surface area (Å²) in [5.41, 5.74) is 9.29. The molecule has 2 N–H and O–H groups in total. The van der Waals surface area contributed by atoms with Crippen LogP contribution >= 0.6 is 0 Å². The van der Waals surface area contributed by atoms with Crippen LogP contribution in [-0.2, 0) is 29.0 Å². The third kappa shape index (κ3) is 5.75. The van der Waals surface area contributed by atoms with Crippen LogP contribution in [0.4, 0.5) is 11.6 Å². The lowest BCUT2D eigenvalue weighted by Crippen LogP contribution is -2.37. The first-order valence-electron chi connectivity index (χ1n) is 10.9. The molecule has 1 atom stereocenters. The van der Waals surface area contributed by atoms with Gasteiger partial charge in [-0.25, -0.2) is 0 Å². The molecular formula is C24H35N5O3. The fourth-order valence-corrected chi connectivity index (χ4v) is 4.32. The summed E-state index contributed by atoms with van der Waals surface area (Å²) >= 11 is 0. The van der Waals surface area contributed by atoms with Gasteiger partial charge in [-0.1, -0.05) is 31.7 Å². The molecule has 0 aliphatic carbocycles. The summed E-state index contributed by atoms with van der Waals surface area (Å²) in [6, 6.07) is 8.78. The maximum Gasteiger partial charge on any atom is 0.320 e. The third-order valence-corrected chi connectivity index (χ3v) is 5.72. The lowest BCUT2D eigenvalue weighted by atomic mass is 10.0. The fraction of sp³-hybridized carbons (Fsp3) is 0.542. The first-order valence-corrected chi connectivity index (χ1v) is 10.9. The molecule has 1 aromatic carbocycles. The van der Waals surface area contributed by atoms with Gasteiger partial charge < -0.3 is 20.1 Å². The smallest absolute Gasteiger partial charge is 0.320 e. The minimum atomic E-state index is -0.205. The van der Waals surface area contributed by atoms with E-state index in [9.17, 15) is 4.79 Å². The van der Waals surface area contributed by atoms with E-state index in [0.717, 1.165) is 12.1 Å². The van der Waals surface area contributed by atoms with Crippen molar-refractivity contribution in [3.05, 3.63) is 41.0 Å². The Hall–Kier alpha value is -2.71. The molecule has 4 rings (SSSR count). The van der Waals surface area contributed by atoms with Crippen LogP contribution in [0.15, 0.2) is 24.3 Å². The number of carbonyl (C=O) groups excluding carboxylic acids is 1. The van der Waals surface area contributed by atoms with Gasteiger partial charge in [0.1, 0.15) is 17.7 Å². The highest BCUT2D eigenvalue weighted by atomic mass is 16.5. The second kappa shape index (κ2) is 10.7. The fourth-order valence-electron chi connectivity index (χ4n) is 4.32. The zero-order valence-electron chi connectivity index (χ0n) is 18.3. The first kappa shape index (κ1) is 23.9. The number of aromatic nitrogens is 2. The lowest BCUT2D eigenvalue weighted by molar-refractivity contribution is -0.117. The predicted molar refractivity (Wildman–Crippen MR) is 126 cm³/mol. The number of fused-ring (bicyclic) bond motifs is 1. The number of hydrogen-bond donors (Lipinski definition) is 1. The number of ether oxygens (including phenoxy) is 2. The van der Waals surface area contributed by atoms with Crippen LogP contribution in [0, 0.1) is 0 Å². The maximum atomic E-state index is 12.4. The number of benzene rings is 1. The van der Waals surface area contributed by atoms with Crippen molar-refractivity contribution in [1.82, 2.24) is 14.9 Å². The second-order valence-electron chi connectivity index (χ2n) is 8.45. The van der Waals surface area contributed by atoms with Crippen molar-refractivity contribution in [3.8, 4) is 6.01 Å². The van der Waals surface area contributed by atoms with Gasteiger partial charge in [0, 0.05) is 32.2 Å². The van der Waals surface area contributed by atoms with E-state index in [1.165, 1.54) is 31.5 Å². The van der Waals surface area contributed by atoms with Crippen LogP contribution in [0.5, 0.6) is 6.01 Å². The number of carbonyl (C=O) groups is 1. The Labute approximate surface area is 190 Å². The number of anilines is 2. The molecule has 1 saturated heterocycles. The summed E-state index contributed by atoms with van der Waals surface area (Å²) < 4.78 is 10.9. The zero-order chi connectivity index (χ0) is 21.8. The van der Waals surface area contributed by atoms with Gasteiger partial charge >= 0.3 is 6.01 Å². The molecule has 2 aliphatic heterocycles. The van der Waals surface area contributed by atoms with Crippen LogP contribution in [0.1, 0.15) is 43.9 Å². The van der Waals surface area contributed by atoms with Gasteiger partial charge in [0.2, 0.25) is 0 Å². The number of ketones is 1. The molecule has 0 bridgehead atoms. The van der Waals surface area contributed by atoms with E-state index < -0.39 is 0 Å². The molecule has 2 aromatic rings. The van der Waals surface area contributed by atoms with Gasteiger partial charge in [0.15, 0.2) is 5.78 Å². The van der Waals surface area contributed by atoms with E-state index in [4.69, 9.17) is 15.2 Å². The normalized spacial score (nSPS) is 17.1. The summed E-state index contributed by atoms with van der Waals surface area (Å²) in [4.78, 5) is 25.7. The molecule has 0 radical (unpaired) electrons. The topological polar surface area (TPSA) is 93.8 Å². The average molecular weight is 442 g/mol. The van der Waals surface area contributed by atoms with Crippen LogP contribution in [0.25, 0.3) is 0 Å². The van der Waals surface area contributed by atoms with Crippen molar-refractivity contribution in [2.45, 2.75) is 52.8 Å². The number of Topliss-reactive ketones (excluding diaryl/α,β-unsaturated/α-hetero) is 1. The molecule has 32 heavy (non-hydrogen) atoms. The van der Waals surface area contributed by atoms with Crippen molar-refractivity contribution >= 4 is 17.4 Å². The van der Waals surface area contributed by atoms with Crippen molar-refractivity contribution in [2.24, 2.45) is 0 Å². The molecule has 2 aliphatic rings. The Morgan fingerprint density at radius 1 is 1.16 bits per heavy atom. The standard InChI is InChI=1S/C23H31N5O3.CH4/c1-16(15-30-2)31-23-25-21(24)20-11-19(29)14-28(22(20)26-23)13-18-7-5-6-17(10-18)12-27-8-3-4-9-27;/h5-7,10,16H,3-4,8-9,11-15H2,1-2H3,(H2,24,25,26);1H4/t16-;/m1./s1. The van der Waals surface area contributed by atoms with Gasteiger partial charge in [0.05, 0.1) is 13.2 Å². The third-order valence-electron chi connectivity index (χ3n) is 5.72. The van der Waals surface area contributed by atoms with Crippen LogP contribution in [0.2, 0.25) is 0 Å². The Morgan fingerprint density at radius 3 is 2.59 bits per heavy atom. The number of hydrogen-bond acceptors (Lipinski definition) is 8. The Morgan fingerprint density at radius 2 is 1.88 bits per heavy atom. The summed E-state index contributed by atoms with van der Waals surface area (Å²) in [5, 5.41) is 0. The number of nitrogens with two attached hydrogens (primary N) is 1. The van der Waals surface area contributed by atoms with E-state index in [0.29, 0.717) is 36.9 Å². The van der Waals surface area contributed by atoms with E-state index in [1.54, 1.807) is 7.11 Å². The van der Waals surface area contributed by atoms with Gasteiger partial charge in [-0.3, -0.25) is 9.69 Å². The van der Waals surface area contributed by atoms with Gasteiger partial charge in [-0.15, -0.1) is 0 Å². The number of rotatable bonds is 8. The summed E-state index contributed by atoms with van der Waals surface area (Å²) in [5.74, 6) is 1.08. The predicted octanol–water partition coefficient (Wildman–Crippen LogP) is 2.84. The average Bonchev–Trinajstić information content (AvgIpc) is 3.22. The molecule has 1 fully saturated rings. The molecular weight excluding hydrogens is 406 g/mol. The molecule has 1 aromatic heterocycles. The van der Waals surface area contributed by atoms with E-state index in [-0.39, 0.29) is 31.7 Å². The minimum absolute atomic E-state index is 0. The van der Waals surface area contributed by atoms with Crippen molar-refractivity contribution < 1.29 is 14.3 Å². The van der Waals surface area contributed by atoms with Crippen molar-refractivity contribution in [2.75, 3.05) is 44.0 Å². The highest BCUT2D eigenvalue weighted by Gasteiger charge is 2.28. The monoisotopic (exact) mass is 441 g/mol. The summed E-state index contributed by atoms with van der Waals surface area (Å²) in [6.07, 6.45) is 2.60. The zero-order valence-corrected chi connectivity index (χ0v) is 18.3. The molecule has 8 nitrogen and oxygen atoms in total. The second-order valence-corrected chi connectivity index (χ2v) is 8.45. The van der Waals surface area contributed by atoms with Crippen LogP contribution < -0.4 is 15.4 Å². The largest absolute Gasteiger partial charge is 0.458 e. The van der Waals surface area contributed by atoms with Crippen molar-refractivity contribution in [1.29, 1.82) is 0 Å². The SMILES string of the molecule is C.COC[C@@H](C)Oc1nc(N)c2c(n1)N(Cc1cccc(CN3CCCC3)c1)CC(=O)C2. The van der Waals surface area contributed by atoms with Gasteiger partial charge in [0.25, 0.3) is 0 Å². The molecule has 3 heterocycles. The molecule has 0 amide bonds. The quantitative estimate of drug-likeness (QED) is 0.668. The Kier molecular flexibility index (Phi) is 8.04. The van der Waals surface area contributed by atoms with Gasteiger partial charge in [-0.05, 0) is 44.0 Å². The molecule has 174 valence electrons. The first-order chi connectivity index (χ1) is 15.0. The number of methoxy groups -OCH3 is 1. The summed E-state index contributed by atoms with van der Waals surface area (Å²) in [7, 11) is 1.62. The van der Waals surface area contributed by atoms with Crippen LogP contribution in [0.3, 0.4) is 0 Å². The highest BCUT2D eigenvalue weighted by Crippen LogP contribution is 2.31. The molecule has 0 unspecified atom stereocenters.